The maximum Gasteiger partial charge on any atom is 0.233 e. The summed E-state index contributed by atoms with van der Waals surface area (Å²) in [7, 11) is 1.61. The van der Waals surface area contributed by atoms with E-state index in [0.717, 1.165) is 11.3 Å². The van der Waals surface area contributed by atoms with Gasteiger partial charge in [-0.05, 0) is 30.2 Å². The van der Waals surface area contributed by atoms with Gasteiger partial charge in [0.2, 0.25) is 11.8 Å². The molecule has 0 spiro atoms. The number of anilines is 1. The molecule has 2 N–H and O–H groups in total. The van der Waals surface area contributed by atoms with E-state index in [2.05, 4.69) is 10.6 Å². The lowest BCUT2D eigenvalue weighted by Gasteiger charge is -2.19. The number of amides is 2. The van der Waals surface area contributed by atoms with Crippen LogP contribution in [0, 0.1) is 0 Å². The number of benzene rings is 2. The van der Waals surface area contributed by atoms with Crippen molar-refractivity contribution in [2.75, 3.05) is 32.2 Å². The molecule has 2 aromatic carbocycles. The molecule has 0 fully saturated rings. The zero-order valence-corrected chi connectivity index (χ0v) is 15.1. The number of methoxy groups -OCH3 is 1. The van der Waals surface area contributed by atoms with Crippen molar-refractivity contribution in [2.24, 2.45) is 0 Å². The van der Waals surface area contributed by atoms with E-state index in [1.807, 2.05) is 24.3 Å². The van der Waals surface area contributed by atoms with E-state index >= 15 is 0 Å². The molecular formula is C20H22N2O5. The van der Waals surface area contributed by atoms with Crippen molar-refractivity contribution >= 4 is 17.5 Å². The number of fused-ring (bicyclic) bond motifs is 1. The summed E-state index contributed by atoms with van der Waals surface area (Å²) in [6.45, 7) is 1.41. The second kappa shape index (κ2) is 8.93. The summed E-state index contributed by atoms with van der Waals surface area (Å²) in [6, 6.07) is 12.8. The Balaban J connectivity index is 1.44. The molecule has 0 aromatic heterocycles. The van der Waals surface area contributed by atoms with Crippen LogP contribution in [0.3, 0.4) is 0 Å². The Morgan fingerprint density at radius 1 is 1.04 bits per heavy atom. The van der Waals surface area contributed by atoms with Crippen LogP contribution in [0.2, 0.25) is 0 Å². The predicted octanol–water partition coefficient (Wildman–Crippen LogP) is 2.15. The number of ether oxygens (including phenoxy) is 3. The lowest BCUT2D eigenvalue weighted by molar-refractivity contribution is -0.126. The molecule has 142 valence electrons. The molecule has 0 unspecified atom stereocenters. The maximum atomic E-state index is 12.1. The first kappa shape index (κ1) is 18.6. The highest BCUT2D eigenvalue weighted by molar-refractivity contribution is 6.03. The van der Waals surface area contributed by atoms with Crippen LogP contribution in [-0.4, -0.2) is 38.7 Å². The molecule has 0 atom stereocenters. The second-order valence-electron chi connectivity index (χ2n) is 6.00. The zero-order chi connectivity index (χ0) is 19.1. The molecule has 0 bridgehead atoms. The third-order valence-corrected chi connectivity index (χ3v) is 4.06. The standard InChI is InChI=1S/C20H22N2O5/c1-25-16-5-3-2-4-14(16)8-9-21-19(23)13-20(24)22-15-6-7-17-18(12-15)27-11-10-26-17/h2-7,12H,8-11,13H2,1H3,(H,21,23)(H,22,24). The first-order valence-electron chi connectivity index (χ1n) is 8.74. The largest absolute Gasteiger partial charge is 0.496 e. The number of nitrogens with one attached hydrogen (secondary N) is 2. The summed E-state index contributed by atoms with van der Waals surface area (Å²) in [6.07, 6.45) is 0.375. The van der Waals surface area contributed by atoms with Gasteiger partial charge in [-0.15, -0.1) is 0 Å². The van der Waals surface area contributed by atoms with E-state index in [-0.39, 0.29) is 18.2 Å². The van der Waals surface area contributed by atoms with Crippen molar-refractivity contribution in [3.8, 4) is 17.2 Å². The molecule has 7 heteroatoms. The van der Waals surface area contributed by atoms with Crippen LogP contribution in [0.5, 0.6) is 17.2 Å². The van der Waals surface area contributed by atoms with Crippen molar-refractivity contribution < 1.29 is 23.8 Å². The van der Waals surface area contributed by atoms with Gasteiger partial charge in [0.15, 0.2) is 11.5 Å². The van der Waals surface area contributed by atoms with Crippen molar-refractivity contribution in [1.82, 2.24) is 5.32 Å². The van der Waals surface area contributed by atoms with Gasteiger partial charge in [-0.2, -0.15) is 0 Å². The monoisotopic (exact) mass is 370 g/mol. The van der Waals surface area contributed by atoms with Crippen LogP contribution in [0.15, 0.2) is 42.5 Å². The zero-order valence-electron chi connectivity index (χ0n) is 15.1. The number of para-hydroxylation sites is 1. The fourth-order valence-corrected chi connectivity index (χ4v) is 2.78. The van der Waals surface area contributed by atoms with Crippen molar-refractivity contribution in [2.45, 2.75) is 12.8 Å². The molecule has 0 aliphatic carbocycles. The molecule has 0 saturated heterocycles. The number of rotatable bonds is 7. The van der Waals surface area contributed by atoms with E-state index in [4.69, 9.17) is 14.2 Å². The minimum atomic E-state index is -0.388. The van der Waals surface area contributed by atoms with Crippen molar-refractivity contribution in [3.63, 3.8) is 0 Å². The third-order valence-electron chi connectivity index (χ3n) is 4.06. The lowest BCUT2D eigenvalue weighted by Crippen LogP contribution is -2.29. The van der Waals surface area contributed by atoms with E-state index in [1.54, 1.807) is 25.3 Å². The van der Waals surface area contributed by atoms with Gasteiger partial charge in [0.1, 0.15) is 25.4 Å². The highest BCUT2D eigenvalue weighted by atomic mass is 16.6. The molecule has 1 aliphatic heterocycles. The molecule has 0 saturated carbocycles. The van der Waals surface area contributed by atoms with Crippen molar-refractivity contribution in [3.05, 3.63) is 48.0 Å². The quantitative estimate of drug-likeness (QED) is 0.730. The first-order valence-corrected chi connectivity index (χ1v) is 8.74. The summed E-state index contributed by atoms with van der Waals surface area (Å²) in [5, 5.41) is 5.44. The molecule has 1 heterocycles. The maximum absolute atomic E-state index is 12.1. The van der Waals surface area contributed by atoms with Crippen LogP contribution in [0.25, 0.3) is 0 Å². The van der Waals surface area contributed by atoms with E-state index in [1.165, 1.54) is 0 Å². The van der Waals surface area contributed by atoms with Gasteiger partial charge in [0.25, 0.3) is 0 Å². The first-order chi connectivity index (χ1) is 13.2. The van der Waals surface area contributed by atoms with E-state index in [9.17, 15) is 9.59 Å². The van der Waals surface area contributed by atoms with Gasteiger partial charge >= 0.3 is 0 Å². The van der Waals surface area contributed by atoms with Crippen LogP contribution in [0.4, 0.5) is 5.69 Å². The number of carbonyl (C=O) groups excluding carboxylic acids is 2. The van der Waals surface area contributed by atoms with Crippen LogP contribution in [-0.2, 0) is 16.0 Å². The fourth-order valence-electron chi connectivity index (χ4n) is 2.78. The topological polar surface area (TPSA) is 85.9 Å². The van der Waals surface area contributed by atoms with Crippen molar-refractivity contribution in [1.29, 1.82) is 0 Å². The number of carbonyl (C=O) groups is 2. The van der Waals surface area contributed by atoms with Gasteiger partial charge in [0.05, 0.1) is 7.11 Å². The average Bonchev–Trinajstić information content (AvgIpc) is 2.68. The Labute approximate surface area is 157 Å². The predicted molar refractivity (Wildman–Crippen MR) is 100 cm³/mol. The lowest BCUT2D eigenvalue weighted by atomic mass is 10.1. The summed E-state index contributed by atoms with van der Waals surface area (Å²) in [5.41, 5.74) is 1.56. The summed E-state index contributed by atoms with van der Waals surface area (Å²) >= 11 is 0. The van der Waals surface area contributed by atoms with Crippen LogP contribution < -0.4 is 24.8 Å². The van der Waals surface area contributed by atoms with E-state index in [0.29, 0.717) is 43.4 Å². The van der Waals surface area contributed by atoms with Gasteiger partial charge in [-0.25, -0.2) is 0 Å². The average molecular weight is 370 g/mol. The Hall–Kier alpha value is -3.22. The molecule has 7 nitrogen and oxygen atoms in total. The fraction of sp³-hybridized carbons (Fsp3) is 0.300. The Morgan fingerprint density at radius 2 is 1.81 bits per heavy atom. The van der Waals surface area contributed by atoms with Gasteiger partial charge < -0.3 is 24.8 Å². The highest BCUT2D eigenvalue weighted by Crippen LogP contribution is 2.32. The number of hydrogen-bond donors (Lipinski definition) is 2. The molecule has 3 rings (SSSR count). The minimum Gasteiger partial charge on any atom is -0.496 e. The molecule has 27 heavy (non-hydrogen) atoms. The van der Waals surface area contributed by atoms with Gasteiger partial charge in [-0.3, -0.25) is 9.59 Å². The summed E-state index contributed by atoms with van der Waals surface area (Å²) in [4.78, 5) is 24.0. The molecular weight excluding hydrogens is 348 g/mol. The Bertz CT molecular complexity index is 822. The normalized spacial score (nSPS) is 12.2. The number of hydrogen-bond acceptors (Lipinski definition) is 5. The SMILES string of the molecule is COc1ccccc1CCNC(=O)CC(=O)Nc1ccc2c(c1)OCCO2. The summed E-state index contributed by atoms with van der Waals surface area (Å²) in [5.74, 6) is 1.29. The highest BCUT2D eigenvalue weighted by Gasteiger charge is 2.14. The molecule has 2 amide bonds. The van der Waals surface area contributed by atoms with Gasteiger partial charge in [0, 0.05) is 18.3 Å². The Kier molecular flexibility index (Phi) is 6.14. The third kappa shape index (κ3) is 5.13. The van der Waals surface area contributed by atoms with Crippen LogP contribution >= 0.6 is 0 Å². The second-order valence-corrected chi connectivity index (χ2v) is 6.00. The Morgan fingerprint density at radius 3 is 2.63 bits per heavy atom. The summed E-state index contributed by atoms with van der Waals surface area (Å²) < 4.78 is 16.2. The smallest absolute Gasteiger partial charge is 0.233 e. The molecule has 0 radical (unpaired) electrons. The van der Waals surface area contributed by atoms with E-state index < -0.39 is 0 Å². The molecule has 1 aliphatic rings. The minimum absolute atomic E-state index is 0.250. The van der Waals surface area contributed by atoms with Crippen LogP contribution in [0.1, 0.15) is 12.0 Å². The molecule has 2 aromatic rings. The van der Waals surface area contributed by atoms with Gasteiger partial charge in [-0.1, -0.05) is 18.2 Å².